The van der Waals surface area contributed by atoms with Crippen LogP contribution in [0.15, 0.2) is 103 Å². The maximum Gasteiger partial charge on any atom is 0.308 e. The van der Waals surface area contributed by atoms with Crippen molar-refractivity contribution in [2.75, 3.05) is 0 Å². The molecule has 0 saturated heterocycles. The third-order valence-electron chi connectivity index (χ3n) is 6.71. The molecule has 0 spiro atoms. The van der Waals surface area contributed by atoms with Crippen molar-refractivity contribution in [1.29, 1.82) is 0 Å². The summed E-state index contributed by atoms with van der Waals surface area (Å²) in [6, 6.07) is 31.1. The molecule has 5 heteroatoms. The maximum absolute atomic E-state index is 14.5. The van der Waals surface area contributed by atoms with Gasteiger partial charge in [-0.15, -0.1) is 0 Å². The van der Waals surface area contributed by atoms with Crippen LogP contribution in [0.1, 0.15) is 62.9 Å². The zero-order valence-electron chi connectivity index (χ0n) is 22.9. The van der Waals surface area contributed by atoms with Gasteiger partial charge in [0.1, 0.15) is 17.2 Å². The van der Waals surface area contributed by atoms with E-state index in [1.54, 1.807) is 0 Å². The minimum atomic E-state index is -0.614. The molecule has 2 unspecified atom stereocenters. The average molecular weight is 528 g/mol. The van der Waals surface area contributed by atoms with Crippen molar-refractivity contribution in [3.8, 4) is 11.1 Å². The molecule has 0 N–H and O–H groups in total. The van der Waals surface area contributed by atoms with E-state index < -0.39 is 17.2 Å². The third kappa shape index (κ3) is 7.61. The summed E-state index contributed by atoms with van der Waals surface area (Å²) in [5, 5.41) is 0. The number of benzene rings is 4. The van der Waals surface area contributed by atoms with Crippen LogP contribution in [0.4, 0.5) is 8.78 Å². The summed E-state index contributed by atoms with van der Waals surface area (Å²) >= 11 is 0. The van der Waals surface area contributed by atoms with Gasteiger partial charge in [-0.1, -0.05) is 84.9 Å². The van der Waals surface area contributed by atoms with Crippen LogP contribution in [0, 0.1) is 11.6 Å². The van der Waals surface area contributed by atoms with Gasteiger partial charge in [0.05, 0.1) is 6.42 Å². The molecule has 0 aliphatic carbocycles. The lowest BCUT2D eigenvalue weighted by molar-refractivity contribution is -0.156. The molecule has 4 aromatic rings. The molecule has 4 aromatic carbocycles. The Morgan fingerprint density at radius 1 is 0.821 bits per heavy atom. The fourth-order valence-corrected chi connectivity index (χ4v) is 4.81. The second kappa shape index (κ2) is 12.4. The minimum absolute atomic E-state index is 0.0203. The summed E-state index contributed by atoms with van der Waals surface area (Å²) in [6.07, 6.45) is 0.144. The van der Waals surface area contributed by atoms with Crippen molar-refractivity contribution >= 4 is 5.97 Å². The molecule has 0 fully saturated rings. The minimum Gasteiger partial charge on any atom is -0.460 e. The Bertz CT molecular complexity index is 1370. The quantitative estimate of drug-likeness (QED) is 0.204. The lowest BCUT2D eigenvalue weighted by Crippen LogP contribution is -2.34. The SMILES string of the molecule is CC(c1ccccc1)N(Cc1ccccc1)C(CC(=O)OC(C)(C)C)c1ccc(-c2ccc(F)cc2F)cc1. The van der Waals surface area contributed by atoms with E-state index in [1.165, 1.54) is 12.1 Å². The van der Waals surface area contributed by atoms with Gasteiger partial charge in [0.25, 0.3) is 0 Å². The highest BCUT2D eigenvalue weighted by Gasteiger charge is 2.30. The lowest BCUT2D eigenvalue weighted by Gasteiger charge is -2.37. The molecule has 202 valence electrons. The molecule has 0 radical (unpaired) electrons. The number of hydrogen-bond donors (Lipinski definition) is 0. The number of halogens is 2. The van der Waals surface area contributed by atoms with Gasteiger partial charge in [-0.05, 0) is 62.1 Å². The number of ether oxygens (including phenoxy) is 1. The normalized spacial score (nSPS) is 13.2. The topological polar surface area (TPSA) is 29.5 Å². The first-order valence-electron chi connectivity index (χ1n) is 13.2. The predicted molar refractivity (Wildman–Crippen MR) is 152 cm³/mol. The summed E-state index contributed by atoms with van der Waals surface area (Å²) in [6.45, 7) is 8.34. The third-order valence-corrected chi connectivity index (χ3v) is 6.71. The zero-order valence-corrected chi connectivity index (χ0v) is 22.9. The molecule has 0 amide bonds. The molecule has 0 saturated carbocycles. The molecular weight excluding hydrogens is 492 g/mol. The largest absolute Gasteiger partial charge is 0.460 e. The Labute approximate surface area is 230 Å². The number of nitrogens with zero attached hydrogens (tertiary/aromatic N) is 1. The van der Waals surface area contributed by atoms with Crippen LogP contribution in [0.25, 0.3) is 11.1 Å². The van der Waals surface area contributed by atoms with Crippen LogP contribution in [0.5, 0.6) is 0 Å². The first-order valence-corrected chi connectivity index (χ1v) is 13.2. The second-order valence-corrected chi connectivity index (χ2v) is 10.8. The van der Waals surface area contributed by atoms with Crippen LogP contribution < -0.4 is 0 Å². The van der Waals surface area contributed by atoms with Crippen LogP contribution in [0.3, 0.4) is 0 Å². The number of carbonyl (C=O) groups is 1. The number of esters is 1. The molecule has 0 aromatic heterocycles. The average Bonchev–Trinajstić information content (AvgIpc) is 2.90. The van der Waals surface area contributed by atoms with E-state index in [4.69, 9.17) is 4.74 Å². The number of hydrogen-bond acceptors (Lipinski definition) is 3. The molecule has 0 aliphatic heterocycles. The van der Waals surface area contributed by atoms with Gasteiger partial charge in [-0.2, -0.15) is 0 Å². The van der Waals surface area contributed by atoms with Crippen LogP contribution in [-0.4, -0.2) is 16.5 Å². The van der Waals surface area contributed by atoms with E-state index in [9.17, 15) is 13.6 Å². The van der Waals surface area contributed by atoms with Gasteiger partial charge in [0.15, 0.2) is 0 Å². The van der Waals surface area contributed by atoms with Crippen molar-refractivity contribution in [3.63, 3.8) is 0 Å². The van der Waals surface area contributed by atoms with Gasteiger partial charge in [-0.3, -0.25) is 9.69 Å². The van der Waals surface area contributed by atoms with Gasteiger partial charge >= 0.3 is 5.97 Å². The molecule has 2 atom stereocenters. The number of rotatable bonds is 9. The molecule has 39 heavy (non-hydrogen) atoms. The van der Waals surface area contributed by atoms with E-state index in [-0.39, 0.29) is 24.5 Å². The van der Waals surface area contributed by atoms with Gasteiger partial charge < -0.3 is 4.74 Å². The molecule has 0 bridgehead atoms. The van der Waals surface area contributed by atoms with Crippen molar-refractivity contribution in [3.05, 3.63) is 131 Å². The van der Waals surface area contributed by atoms with Crippen molar-refractivity contribution in [2.24, 2.45) is 0 Å². The first kappa shape index (κ1) is 28.2. The summed E-state index contributed by atoms with van der Waals surface area (Å²) in [7, 11) is 0. The number of carbonyl (C=O) groups excluding carboxylic acids is 1. The Hall–Kier alpha value is -3.83. The highest BCUT2D eigenvalue weighted by Crippen LogP contribution is 2.36. The molecule has 4 rings (SSSR count). The van der Waals surface area contributed by atoms with Crippen molar-refractivity contribution < 1.29 is 18.3 Å². The fraction of sp³-hybridized carbons (Fsp3) is 0.265. The van der Waals surface area contributed by atoms with Crippen LogP contribution in [-0.2, 0) is 16.1 Å². The Morgan fingerprint density at radius 2 is 1.44 bits per heavy atom. The molecule has 0 heterocycles. The summed E-state index contributed by atoms with van der Waals surface area (Å²) in [4.78, 5) is 15.5. The highest BCUT2D eigenvalue weighted by atomic mass is 19.1. The highest BCUT2D eigenvalue weighted by molar-refractivity contribution is 5.71. The fourth-order valence-electron chi connectivity index (χ4n) is 4.81. The van der Waals surface area contributed by atoms with Crippen molar-refractivity contribution in [2.45, 2.75) is 58.3 Å². The monoisotopic (exact) mass is 527 g/mol. The second-order valence-electron chi connectivity index (χ2n) is 10.8. The summed E-state index contributed by atoms with van der Waals surface area (Å²) < 4.78 is 33.7. The van der Waals surface area contributed by atoms with E-state index in [0.29, 0.717) is 17.7 Å². The molecule has 3 nitrogen and oxygen atoms in total. The van der Waals surface area contributed by atoms with E-state index in [1.807, 2.05) is 81.4 Å². The Kier molecular flexibility index (Phi) is 8.93. The Morgan fingerprint density at radius 3 is 2.03 bits per heavy atom. The maximum atomic E-state index is 14.5. The van der Waals surface area contributed by atoms with Crippen molar-refractivity contribution in [1.82, 2.24) is 4.90 Å². The lowest BCUT2D eigenvalue weighted by atomic mass is 9.94. The first-order chi connectivity index (χ1) is 18.6. The van der Waals surface area contributed by atoms with Gasteiger partial charge in [-0.25, -0.2) is 8.78 Å². The van der Waals surface area contributed by atoms with E-state index in [2.05, 4.69) is 36.1 Å². The smallest absolute Gasteiger partial charge is 0.308 e. The van der Waals surface area contributed by atoms with Gasteiger partial charge in [0, 0.05) is 30.3 Å². The molecular formula is C34H35F2NO2. The standard InChI is InChI=1S/C34H35F2NO2/c1-24(26-13-9-6-10-14-26)37(23-25-11-7-5-8-12-25)32(22-33(38)39-34(2,3)4)28-17-15-27(16-18-28)30-20-19-29(35)21-31(30)36/h5-21,24,32H,22-23H2,1-4H3. The van der Waals surface area contributed by atoms with E-state index in [0.717, 1.165) is 22.8 Å². The summed E-state index contributed by atoms with van der Waals surface area (Å²) in [5.41, 5.74) is 3.52. The van der Waals surface area contributed by atoms with Crippen LogP contribution in [0.2, 0.25) is 0 Å². The zero-order chi connectivity index (χ0) is 28.0. The Balaban J connectivity index is 1.75. The van der Waals surface area contributed by atoms with Gasteiger partial charge in [0.2, 0.25) is 0 Å². The van der Waals surface area contributed by atoms with Crippen LogP contribution >= 0.6 is 0 Å². The predicted octanol–water partition coefficient (Wildman–Crippen LogP) is 8.67. The molecule has 0 aliphatic rings. The van der Waals surface area contributed by atoms with E-state index >= 15 is 0 Å². The summed E-state index contributed by atoms with van der Waals surface area (Å²) in [5.74, 6) is -1.52.